The highest BCUT2D eigenvalue weighted by molar-refractivity contribution is 7.99. The summed E-state index contributed by atoms with van der Waals surface area (Å²) in [7, 11) is 0. The Morgan fingerprint density at radius 1 is 1.29 bits per heavy atom. The maximum Gasteiger partial charge on any atom is 0.277 e. The highest BCUT2D eigenvalue weighted by atomic mass is 32.2. The van der Waals surface area contributed by atoms with E-state index in [1.807, 2.05) is 31.2 Å². The predicted molar refractivity (Wildman–Crippen MR) is 83.1 cm³/mol. The van der Waals surface area contributed by atoms with Gasteiger partial charge in [0.25, 0.3) is 5.22 Å². The van der Waals surface area contributed by atoms with Crippen molar-refractivity contribution >= 4 is 17.7 Å². The van der Waals surface area contributed by atoms with E-state index < -0.39 is 0 Å². The number of hydrogen-bond donors (Lipinski definition) is 1. The molecule has 1 aromatic heterocycles. The highest BCUT2D eigenvalue weighted by Crippen LogP contribution is 2.23. The molecular formula is C15H19N3O2S. The molecule has 0 aliphatic heterocycles. The molecule has 21 heavy (non-hydrogen) atoms. The molecule has 0 aliphatic rings. The van der Waals surface area contributed by atoms with Gasteiger partial charge in [-0.2, -0.15) is 0 Å². The molecule has 1 heterocycles. The van der Waals surface area contributed by atoms with Gasteiger partial charge in [0, 0.05) is 12.1 Å². The fourth-order valence-corrected chi connectivity index (χ4v) is 2.26. The van der Waals surface area contributed by atoms with Gasteiger partial charge in [-0.1, -0.05) is 42.8 Å². The normalized spacial score (nSPS) is 10.6. The average molecular weight is 305 g/mol. The number of carbonyl (C=O) groups is 1. The molecule has 0 radical (unpaired) electrons. The van der Waals surface area contributed by atoms with Crippen LogP contribution in [0.5, 0.6) is 0 Å². The van der Waals surface area contributed by atoms with Gasteiger partial charge in [-0.3, -0.25) is 4.79 Å². The molecule has 0 fully saturated rings. The number of aryl methyl sites for hydroxylation is 1. The number of benzene rings is 1. The van der Waals surface area contributed by atoms with Crippen LogP contribution in [0.3, 0.4) is 0 Å². The number of nitrogens with zero attached hydrogens (tertiary/aromatic N) is 2. The van der Waals surface area contributed by atoms with Crippen molar-refractivity contribution < 1.29 is 9.21 Å². The lowest BCUT2D eigenvalue weighted by molar-refractivity contribution is -0.118. The molecule has 0 unspecified atom stereocenters. The quantitative estimate of drug-likeness (QED) is 0.629. The zero-order chi connectivity index (χ0) is 15.1. The number of hydrogen-bond acceptors (Lipinski definition) is 5. The van der Waals surface area contributed by atoms with Crippen LogP contribution in [0.2, 0.25) is 0 Å². The van der Waals surface area contributed by atoms with Gasteiger partial charge in [0.2, 0.25) is 11.8 Å². The molecule has 5 nitrogen and oxygen atoms in total. The van der Waals surface area contributed by atoms with E-state index in [0.29, 0.717) is 23.4 Å². The summed E-state index contributed by atoms with van der Waals surface area (Å²) in [6.07, 6.45) is 2.06. The van der Waals surface area contributed by atoms with E-state index in [1.165, 1.54) is 17.3 Å². The van der Waals surface area contributed by atoms with E-state index in [-0.39, 0.29) is 5.91 Å². The zero-order valence-corrected chi connectivity index (χ0v) is 13.1. The first kappa shape index (κ1) is 15.6. The summed E-state index contributed by atoms with van der Waals surface area (Å²) in [6.45, 7) is 4.83. The van der Waals surface area contributed by atoms with E-state index in [9.17, 15) is 4.79 Å². The summed E-state index contributed by atoms with van der Waals surface area (Å²) in [4.78, 5) is 11.6. The van der Waals surface area contributed by atoms with Gasteiger partial charge < -0.3 is 9.73 Å². The summed E-state index contributed by atoms with van der Waals surface area (Å²) in [5, 5.41) is 11.2. The van der Waals surface area contributed by atoms with Gasteiger partial charge >= 0.3 is 0 Å². The summed E-state index contributed by atoms with van der Waals surface area (Å²) >= 11 is 1.25. The third-order valence-corrected chi connectivity index (χ3v) is 3.70. The fraction of sp³-hybridized carbons (Fsp3) is 0.400. The Labute approximate surface area is 128 Å². The Balaban J connectivity index is 1.86. The number of rotatable bonds is 7. The van der Waals surface area contributed by atoms with Gasteiger partial charge in [-0.25, -0.2) is 0 Å². The number of aromatic nitrogens is 2. The Morgan fingerprint density at radius 3 is 2.76 bits per heavy atom. The Kier molecular flexibility index (Phi) is 5.80. The molecule has 1 amide bonds. The number of nitrogens with one attached hydrogen (secondary N) is 1. The van der Waals surface area contributed by atoms with Gasteiger partial charge in [0.15, 0.2) is 0 Å². The maximum absolute atomic E-state index is 11.6. The van der Waals surface area contributed by atoms with E-state index in [0.717, 1.165) is 18.4 Å². The summed E-state index contributed by atoms with van der Waals surface area (Å²) in [6, 6.07) is 7.87. The van der Waals surface area contributed by atoms with Gasteiger partial charge in [0.05, 0.1) is 5.75 Å². The van der Waals surface area contributed by atoms with Crippen molar-refractivity contribution in [2.45, 2.75) is 31.9 Å². The molecule has 1 aromatic carbocycles. The van der Waals surface area contributed by atoms with Crippen LogP contribution in [0.15, 0.2) is 33.9 Å². The van der Waals surface area contributed by atoms with Crippen LogP contribution >= 0.6 is 11.8 Å². The van der Waals surface area contributed by atoms with Crippen molar-refractivity contribution in [3.05, 3.63) is 29.8 Å². The summed E-state index contributed by atoms with van der Waals surface area (Å²) in [5.74, 6) is 0.756. The van der Waals surface area contributed by atoms with E-state index in [4.69, 9.17) is 4.42 Å². The van der Waals surface area contributed by atoms with Crippen molar-refractivity contribution in [3.63, 3.8) is 0 Å². The van der Waals surface area contributed by atoms with E-state index in [2.05, 4.69) is 22.4 Å². The van der Waals surface area contributed by atoms with Crippen LogP contribution in [-0.4, -0.2) is 28.4 Å². The van der Waals surface area contributed by atoms with Crippen LogP contribution in [0.25, 0.3) is 11.5 Å². The molecule has 0 spiro atoms. The second-order valence-corrected chi connectivity index (χ2v) is 5.66. The molecule has 0 aliphatic carbocycles. The minimum atomic E-state index is -0.0106. The van der Waals surface area contributed by atoms with Gasteiger partial charge in [0.1, 0.15) is 0 Å². The number of thioether (sulfide) groups is 1. The first-order valence-electron chi connectivity index (χ1n) is 6.99. The third kappa shape index (κ3) is 4.90. The van der Waals surface area contributed by atoms with E-state index >= 15 is 0 Å². The molecule has 0 saturated heterocycles. The lowest BCUT2D eigenvalue weighted by atomic mass is 10.1. The molecule has 1 N–H and O–H groups in total. The summed E-state index contributed by atoms with van der Waals surface area (Å²) in [5.41, 5.74) is 2.06. The van der Waals surface area contributed by atoms with Crippen molar-refractivity contribution in [1.82, 2.24) is 15.5 Å². The average Bonchev–Trinajstić information content (AvgIpc) is 2.95. The molecule has 6 heteroatoms. The SMILES string of the molecule is CCCCNC(=O)CSc1nnc(-c2ccc(C)cc2)o1. The first-order valence-corrected chi connectivity index (χ1v) is 7.97. The monoisotopic (exact) mass is 305 g/mol. The maximum atomic E-state index is 11.6. The second kappa shape index (κ2) is 7.83. The highest BCUT2D eigenvalue weighted by Gasteiger charge is 2.10. The molecule has 2 rings (SSSR count). The van der Waals surface area contributed by atoms with Crippen LogP contribution < -0.4 is 5.32 Å². The molecular weight excluding hydrogens is 286 g/mol. The largest absolute Gasteiger partial charge is 0.411 e. The minimum Gasteiger partial charge on any atom is -0.411 e. The Morgan fingerprint density at radius 2 is 2.05 bits per heavy atom. The molecule has 112 valence electrons. The standard InChI is InChI=1S/C15H19N3O2S/c1-3-4-9-16-13(19)10-21-15-18-17-14(20-15)12-7-5-11(2)6-8-12/h5-8H,3-4,9-10H2,1-2H3,(H,16,19). The number of carbonyl (C=O) groups excluding carboxylic acids is 1. The van der Waals surface area contributed by atoms with Crippen LogP contribution in [-0.2, 0) is 4.79 Å². The van der Waals surface area contributed by atoms with Gasteiger partial charge in [-0.15, -0.1) is 10.2 Å². The fourth-order valence-electron chi connectivity index (χ4n) is 1.66. The van der Waals surface area contributed by atoms with Crippen molar-refractivity contribution in [3.8, 4) is 11.5 Å². The molecule has 0 bridgehead atoms. The second-order valence-electron chi connectivity index (χ2n) is 4.73. The topological polar surface area (TPSA) is 68.0 Å². The first-order chi connectivity index (χ1) is 10.2. The number of amides is 1. The zero-order valence-electron chi connectivity index (χ0n) is 12.3. The van der Waals surface area contributed by atoms with Crippen LogP contribution in [0.1, 0.15) is 25.3 Å². The summed E-state index contributed by atoms with van der Waals surface area (Å²) < 4.78 is 5.55. The molecule has 0 atom stereocenters. The van der Waals surface area contributed by atoms with Crippen molar-refractivity contribution in [2.24, 2.45) is 0 Å². The smallest absolute Gasteiger partial charge is 0.277 e. The Hall–Kier alpha value is -1.82. The minimum absolute atomic E-state index is 0.0106. The molecule has 2 aromatic rings. The van der Waals surface area contributed by atoms with Crippen LogP contribution in [0, 0.1) is 6.92 Å². The van der Waals surface area contributed by atoms with Gasteiger partial charge in [-0.05, 0) is 25.5 Å². The predicted octanol–water partition coefficient (Wildman–Crippen LogP) is 3.05. The lowest BCUT2D eigenvalue weighted by Crippen LogP contribution is -2.25. The lowest BCUT2D eigenvalue weighted by Gasteiger charge is -2.01. The van der Waals surface area contributed by atoms with E-state index in [1.54, 1.807) is 0 Å². The van der Waals surface area contributed by atoms with Crippen LogP contribution in [0.4, 0.5) is 0 Å². The Bertz CT molecular complexity index is 581. The molecule has 0 saturated carbocycles. The third-order valence-electron chi connectivity index (χ3n) is 2.88. The number of unbranched alkanes of at least 4 members (excludes halogenated alkanes) is 1. The van der Waals surface area contributed by atoms with Crippen molar-refractivity contribution in [2.75, 3.05) is 12.3 Å². The van der Waals surface area contributed by atoms with Crippen molar-refractivity contribution in [1.29, 1.82) is 0 Å².